The van der Waals surface area contributed by atoms with Crippen molar-refractivity contribution in [1.29, 1.82) is 0 Å². The summed E-state index contributed by atoms with van der Waals surface area (Å²) >= 11 is 0. The largest absolute Gasteiger partial charge is 0.486 e. The first-order chi connectivity index (χ1) is 12.6. The number of nitrogens with one attached hydrogen (secondary N) is 1. The summed E-state index contributed by atoms with van der Waals surface area (Å²) in [6, 6.07) is 15.0. The number of ether oxygens (including phenoxy) is 2. The van der Waals surface area contributed by atoms with Gasteiger partial charge < -0.3 is 19.7 Å². The number of rotatable bonds is 6. The normalized spacial score (nSPS) is 12.3. The molecule has 136 valence electrons. The number of fused-ring (bicyclic) bond motifs is 1. The molecule has 0 atom stereocenters. The summed E-state index contributed by atoms with van der Waals surface area (Å²) < 4.78 is 11.1. The van der Waals surface area contributed by atoms with E-state index in [0.29, 0.717) is 44.2 Å². The first-order valence-electron chi connectivity index (χ1n) is 8.62. The van der Waals surface area contributed by atoms with Gasteiger partial charge in [0.1, 0.15) is 13.2 Å². The third-order valence-corrected chi connectivity index (χ3v) is 4.08. The molecule has 0 spiro atoms. The monoisotopic (exact) mass is 354 g/mol. The number of anilines is 1. The van der Waals surface area contributed by atoms with Crippen molar-refractivity contribution in [3.8, 4) is 11.5 Å². The molecule has 0 aliphatic carbocycles. The molecule has 1 aliphatic rings. The zero-order chi connectivity index (χ0) is 18.4. The molecule has 1 aliphatic heterocycles. The van der Waals surface area contributed by atoms with Crippen LogP contribution in [0, 0.1) is 0 Å². The Hall–Kier alpha value is -3.02. The lowest BCUT2D eigenvalue weighted by Gasteiger charge is -2.24. The molecule has 2 aromatic rings. The predicted molar refractivity (Wildman–Crippen MR) is 98.6 cm³/mol. The maximum Gasteiger partial charge on any atom is 0.224 e. The Bertz CT molecular complexity index is 777. The number of hydrogen-bond donors (Lipinski definition) is 1. The van der Waals surface area contributed by atoms with Crippen molar-refractivity contribution >= 4 is 17.5 Å². The van der Waals surface area contributed by atoms with E-state index in [1.165, 1.54) is 6.92 Å². The Labute approximate surface area is 152 Å². The molecule has 2 amide bonds. The van der Waals surface area contributed by atoms with Gasteiger partial charge in [0.15, 0.2) is 11.5 Å². The highest BCUT2D eigenvalue weighted by Crippen LogP contribution is 2.33. The van der Waals surface area contributed by atoms with Gasteiger partial charge >= 0.3 is 0 Å². The molecule has 1 heterocycles. The van der Waals surface area contributed by atoms with Crippen molar-refractivity contribution in [2.45, 2.75) is 13.3 Å². The van der Waals surface area contributed by atoms with Gasteiger partial charge in [0.25, 0.3) is 0 Å². The third-order valence-electron chi connectivity index (χ3n) is 4.08. The van der Waals surface area contributed by atoms with Crippen LogP contribution in [0.3, 0.4) is 0 Å². The lowest BCUT2D eigenvalue weighted by Crippen LogP contribution is -2.38. The first-order valence-corrected chi connectivity index (χ1v) is 8.62. The molecule has 0 unspecified atom stereocenters. The highest BCUT2D eigenvalue weighted by Gasteiger charge is 2.17. The van der Waals surface area contributed by atoms with Gasteiger partial charge in [-0.1, -0.05) is 30.3 Å². The molecule has 0 saturated heterocycles. The number of benzene rings is 2. The summed E-state index contributed by atoms with van der Waals surface area (Å²) in [4.78, 5) is 25.7. The van der Waals surface area contributed by atoms with Crippen LogP contribution in [0.15, 0.2) is 48.5 Å². The van der Waals surface area contributed by atoms with Crippen LogP contribution in [0.25, 0.3) is 0 Å². The minimum atomic E-state index is -0.0982. The average Bonchev–Trinajstić information content (AvgIpc) is 2.65. The maximum absolute atomic E-state index is 12.0. The van der Waals surface area contributed by atoms with E-state index in [1.54, 1.807) is 17.0 Å². The molecule has 0 fully saturated rings. The minimum Gasteiger partial charge on any atom is -0.486 e. The standard InChI is InChI=1S/C20H22N2O4/c1-15(23)22(17-7-8-18-19(14-17)26-12-11-25-18)10-9-21-20(24)13-16-5-3-2-4-6-16/h2-8,14H,9-13H2,1H3,(H,21,24). The van der Waals surface area contributed by atoms with Gasteiger partial charge in [-0.25, -0.2) is 0 Å². The lowest BCUT2D eigenvalue weighted by atomic mass is 10.1. The van der Waals surface area contributed by atoms with Gasteiger partial charge in [-0.05, 0) is 17.7 Å². The molecule has 3 rings (SSSR count). The zero-order valence-electron chi connectivity index (χ0n) is 14.7. The SMILES string of the molecule is CC(=O)N(CCNC(=O)Cc1ccccc1)c1ccc2c(c1)OCCO2. The second-order valence-corrected chi connectivity index (χ2v) is 6.01. The Morgan fingerprint density at radius 3 is 2.50 bits per heavy atom. The van der Waals surface area contributed by atoms with Gasteiger partial charge in [-0.15, -0.1) is 0 Å². The fraction of sp³-hybridized carbons (Fsp3) is 0.300. The Balaban J connectivity index is 1.57. The second-order valence-electron chi connectivity index (χ2n) is 6.01. The number of carbonyl (C=O) groups excluding carboxylic acids is 2. The minimum absolute atomic E-state index is 0.0677. The van der Waals surface area contributed by atoms with E-state index in [0.717, 1.165) is 11.3 Å². The molecule has 0 bridgehead atoms. The van der Waals surface area contributed by atoms with Crippen LogP contribution in [0.2, 0.25) is 0 Å². The van der Waals surface area contributed by atoms with E-state index in [4.69, 9.17) is 9.47 Å². The van der Waals surface area contributed by atoms with Crippen LogP contribution < -0.4 is 19.7 Å². The van der Waals surface area contributed by atoms with E-state index in [2.05, 4.69) is 5.32 Å². The van der Waals surface area contributed by atoms with E-state index < -0.39 is 0 Å². The highest BCUT2D eigenvalue weighted by atomic mass is 16.6. The molecule has 0 radical (unpaired) electrons. The smallest absolute Gasteiger partial charge is 0.224 e. The predicted octanol–water partition coefficient (Wildman–Crippen LogP) is 2.17. The molecule has 1 N–H and O–H groups in total. The van der Waals surface area contributed by atoms with Gasteiger partial charge in [-0.2, -0.15) is 0 Å². The molecule has 0 saturated carbocycles. The molecular formula is C20H22N2O4. The van der Waals surface area contributed by atoms with Crippen LogP contribution in [0.5, 0.6) is 11.5 Å². The number of carbonyl (C=O) groups is 2. The summed E-state index contributed by atoms with van der Waals surface area (Å²) in [5.41, 5.74) is 1.68. The second kappa shape index (κ2) is 8.38. The first kappa shape index (κ1) is 17.8. The van der Waals surface area contributed by atoms with Crippen molar-refractivity contribution in [3.05, 3.63) is 54.1 Å². The van der Waals surface area contributed by atoms with Gasteiger partial charge in [-0.3, -0.25) is 9.59 Å². The van der Waals surface area contributed by atoms with Crippen molar-refractivity contribution in [3.63, 3.8) is 0 Å². The van der Waals surface area contributed by atoms with Crippen molar-refractivity contribution < 1.29 is 19.1 Å². The van der Waals surface area contributed by atoms with Gasteiger partial charge in [0.2, 0.25) is 11.8 Å². The Morgan fingerprint density at radius 1 is 1.04 bits per heavy atom. The molecule has 26 heavy (non-hydrogen) atoms. The van der Waals surface area contributed by atoms with E-state index in [-0.39, 0.29) is 11.8 Å². The van der Waals surface area contributed by atoms with Crippen LogP contribution >= 0.6 is 0 Å². The summed E-state index contributed by atoms with van der Waals surface area (Å²) in [6.45, 7) is 3.28. The highest BCUT2D eigenvalue weighted by molar-refractivity contribution is 5.92. The van der Waals surface area contributed by atoms with E-state index >= 15 is 0 Å². The van der Waals surface area contributed by atoms with Crippen molar-refractivity contribution in [2.24, 2.45) is 0 Å². The topological polar surface area (TPSA) is 67.9 Å². The summed E-state index contributed by atoms with van der Waals surface area (Å²) in [7, 11) is 0. The van der Waals surface area contributed by atoms with Crippen LogP contribution in [0.1, 0.15) is 12.5 Å². The number of hydrogen-bond acceptors (Lipinski definition) is 4. The molecular weight excluding hydrogens is 332 g/mol. The van der Waals surface area contributed by atoms with Crippen LogP contribution in [0.4, 0.5) is 5.69 Å². The number of amides is 2. The van der Waals surface area contributed by atoms with Crippen molar-refractivity contribution in [2.75, 3.05) is 31.2 Å². The molecule has 6 nitrogen and oxygen atoms in total. The fourth-order valence-electron chi connectivity index (χ4n) is 2.82. The summed E-state index contributed by atoms with van der Waals surface area (Å²) in [5.74, 6) is 1.15. The maximum atomic E-state index is 12.0. The zero-order valence-corrected chi connectivity index (χ0v) is 14.7. The lowest BCUT2D eigenvalue weighted by molar-refractivity contribution is -0.121. The summed E-state index contributed by atoms with van der Waals surface area (Å²) in [6.07, 6.45) is 0.324. The van der Waals surface area contributed by atoms with E-state index in [1.807, 2.05) is 36.4 Å². The van der Waals surface area contributed by atoms with Gasteiger partial charge in [0.05, 0.1) is 6.42 Å². The Kier molecular flexibility index (Phi) is 5.73. The van der Waals surface area contributed by atoms with Crippen LogP contribution in [-0.4, -0.2) is 38.1 Å². The Morgan fingerprint density at radius 2 is 1.77 bits per heavy atom. The summed E-state index contributed by atoms with van der Waals surface area (Å²) in [5, 5.41) is 2.86. The number of nitrogens with zero attached hydrogens (tertiary/aromatic N) is 1. The third kappa shape index (κ3) is 4.53. The quantitative estimate of drug-likeness (QED) is 0.863. The molecule has 2 aromatic carbocycles. The van der Waals surface area contributed by atoms with Crippen LogP contribution in [-0.2, 0) is 16.0 Å². The van der Waals surface area contributed by atoms with Gasteiger partial charge in [0, 0.05) is 31.8 Å². The van der Waals surface area contributed by atoms with E-state index in [9.17, 15) is 9.59 Å². The van der Waals surface area contributed by atoms with Crippen molar-refractivity contribution in [1.82, 2.24) is 5.32 Å². The molecule has 6 heteroatoms. The molecule has 0 aromatic heterocycles. The fourth-order valence-corrected chi connectivity index (χ4v) is 2.82. The average molecular weight is 354 g/mol.